The van der Waals surface area contributed by atoms with Crippen LogP contribution in [0.2, 0.25) is 0 Å². The van der Waals surface area contributed by atoms with E-state index in [0.29, 0.717) is 36.9 Å². The van der Waals surface area contributed by atoms with Crippen molar-refractivity contribution >= 4 is 5.91 Å². The number of rotatable bonds is 5. The van der Waals surface area contributed by atoms with Gasteiger partial charge < -0.3 is 19.5 Å². The van der Waals surface area contributed by atoms with Crippen molar-refractivity contribution in [3.8, 4) is 17.2 Å². The molecule has 1 heterocycles. The molecule has 1 atom stereocenters. The zero-order valence-corrected chi connectivity index (χ0v) is 13.9. The van der Waals surface area contributed by atoms with Crippen molar-refractivity contribution in [3.63, 3.8) is 0 Å². The van der Waals surface area contributed by atoms with Gasteiger partial charge in [-0.15, -0.1) is 0 Å². The summed E-state index contributed by atoms with van der Waals surface area (Å²) in [6.07, 6.45) is 0. The summed E-state index contributed by atoms with van der Waals surface area (Å²) in [5.74, 6) is 1.92. The van der Waals surface area contributed by atoms with Crippen LogP contribution in [0.1, 0.15) is 22.8 Å². The number of amides is 1. The summed E-state index contributed by atoms with van der Waals surface area (Å²) in [6, 6.07) is 12.9. The van der Waals surface area contributed by atoms with Crippen molar-refractivity contribution in [3.05, 3.63) is 53.6 Å². The Kier molecular flexibility index (Phi) is 4.89. The van der Waals surface area contributed by atoms with Gasteiger partial charge in [0.25, 0.3) is 5.91 Å². The summed E-state index contributed by atoms with van der Waals surface area (Å²) in [7, 11) is 0. The van der Waals surface area contributed by atoms with Gasteiger partial charge in [-0.05, 0) is 44.2 Å². The van der Waals surface area contributed by atoms with Gasteiger partial charge in [0.05, 0.1) is 6.04 Å². The van der Waals surface area contributed by atoms with Crippen molar-refractivity contribution in [1.29, 1.82) is 0 Å². The fourth-order valence-electron chi connectivity index (χ4n) is 2.39. The van der Waals surface area contributed by atoms with Gasteiger partial charge in [-0.1, -0.05) is 17.7 Å². The molecule has 126 valence electrons. The van der Waals surface area contributed by atoms with Gasteiger partial charge in [0.15, 0.2) is 11.5 Å². The van der Waals surface area contributed by atoms with Crippen LogP contribution in [0.4, 0.5) is 0 Å². The summed E-state index contributed by atoms with van der Waals surface area (Å²) >= 11 is 0. The molecule has 0 unspecified atom stereocenters. The van der Waals surface area contributed by atoms with E-state index in [1.807, 2.05) is 38.1 Å². The quantitative estimate of drug-likeness (QED) is 0.917. The molecule has 0 aromatic heterocycles. The molecule has 1 N–H and O–H groups in total. The SMILES string of the molecule is Cc1ccc(OC[C@H](C)NC(=O)c2ccc3c(c2)OCCO3)cc1. The van der Waals surface area contributed by atoms with E-state index in [2.05, 4.69) is 5.32 Å². The van der Waals surface area contributed by atoms with Gasteiger partial charge in [-0.2, -0.15) is 0 Å². The van der Waals surface area contributed by atoms with Crippen molar-refractivity contribution in [2.75, 3.05) is 19.8 Å². The smallest absolute Gasteiger partial charge is 0.251 e. The van der Waals surface area contributed by atoms with Gasteiger partial charge in [0.1, 0.15) is 25.6 Å². The number of carbonyl (C=O) groups is 1. The van der Waals surface area contributed by atoms with Gasteiger partial charge in [0, 0.05) is 5.56 Å². The molecule has 1 aliphatic rings. The third-order valence-corrected chi connectivity index (χ3v) is 3.70. The Hall–Kier alpha value is -2.69. The minimum absolute atomic E-state index is 0.119. The van der Waals surface area contributed by atoms with Gasteiger partial charge in [-0.25, -0.2) is 0 Å². The number of fused-ring (bicyclic) bond motifs is 1. The number of ether oxygens (including phenoxy) is 3. The Morgan fingerprint density at radius 2 is 1.83 bits per heavy atom. The van der Waals surface area contributed by atoms with Crippen LogP contribution in [-0.2, 0) is 0 Å². The van der Waals surface area contributed by atoms with Gasteiger partial charge >= 0.3 is 0 Å². The fraction of sp³-hybridized carbons (Fsp3) is 0.316. The van der Waals surface area contributed by atoms with Gasteiger partial charge in [-0.3, -0.25) is 4.79 Å². The maximum Gasteiger partial charge on any atom is 0.251 e. The lowest BCUT2D eigenvalue weighted by atomic mass is 10.1. The standard InChI is InChI=1S/C19H21NO4/c1-13-3-6-16(7-4-13)24-12-14(2)20-19(21)15-5-8-17-18(11-15)23-10-9-22-17/h3-8,11,14H,9-10,12H2,1-2H3,(H,20,21)/t14-/m0/s1. The number of aryl methyl sites for hydroxylation is 1. The first-order chi connectivity index (χ1) is 11.6. The molecule has 5 heteroatoms. The van der Waals surface area contributed by atoms with Gasteiger partial charge in [0.2, 0.25) is 0 Å². The topological polar surface area (TPSA) is 56.8 Å². The van der Waals surface area contributed by atoms with Crippen LogP contribution in [-0.4, -0.2) is 31.8 Å². The summed E-state index contributed by atoms with van der Waals surface area (Å²) < 4.78 is 16.7. The third-order valence-electron chi connectivity index (χ3n) is 3.70. The zero-order chi connectivity index (χ0) is 16.9. The fourth-order valence-corrected chi connectivity index (χ4v) is 2.39. The Morgan fingerprint density at radius 3 is 2.58 bits per heavy atom. The molecule has 0 aliphatic carbocycles. The maximum absolute atomic E-state index is 12.3. The highest BCUT2D eigenvalue weighted by molar-refractivity contribution is 5.95. The van der Waals surface area contributed by atoms with E-state index in [-0.39, 0.29) is 11.9 Å². The highest BCUT2D eigenvalue weighted by atomic mass is 16.6. The predicted molar refractivity (Wildman–Crippen MR) is 91.0 cm³/mol. The normalized spacial score (nSPS) is 13.9. The van der Waals surface area contributed by atoms with Crippen LogP contribution in [0.15, 0.2) is 42.5 Å². The molecular formula is C19H21NO4. The largest absolute Gasteiger partial charge is 0.491 e. The molecule has 0 bridgehead atoms. The number of carbonyl (C=O) groups excluding carboxylic acids is 1. The second-order valence-electron chi connectivity index (χ2n) is 5.86. The van der Waals surface area contributed by atoms with Crippen molar-refractivity contribution in [2.45, 2.75) is 19.9 Å². The van der Waals surface area contributed by atoms with Crippen LogP contribution in [0, 0.1) is 6.92 Å². The van der Waals surface area contributed by atoms with Crippen LogP contribution >= 0.6 is 0 Å². The lowest BCUT2D eigenvalue weighted by molar-refractivity contribution is 0.0925. The molecule has 1 amide bonds. The second kappa shape index (κ2) is 7.25. The van der Waals surface area contributed by atoms with Crippen LogP contribution in [0.5, 0.6) is 17.2 Å². The molecule has 2 aromatic rings. The molecule has 2 aromatic carbocycles. The Balaban J connectivity index is 1.55. The number of hydrogen-bond acceptors (Lipinski definition) is 4. The molecular weight excluding hydrogens is 306 g/mol. The first kappa shape index (κ1) is 16.2. The van der Waals surface area contributed by atoms with E-state index < -0.39 is 0 Å². The first-order valence-electron chi connectivity index (χ1n) is 8.02. The molecule has 0 fully saturated rings. The number of hydrogen-bond donors (Lipinski definition) is 1. The summed E-state index contributed by atoms with van der Waals surface area (Å²) in [6.45, 7) is 5.37. The highest BCUT2D eigenvalue weighted by Gasteiger charge is 2.16. The second-order valence-corrected chi connectivity index (χ2v) is 5.86. The van der Waals surface area contributed by atoms with Crippen molar-refractivity contribution in [1.82, 2.24) is 5.32 Å². The molecule has 0 radical (unpaired) electrons. The van der Waals surface area contributed by atoms with Crippen LogP contribution in [0.3, 0.4) is 0 Å². The van der Waals surface area contributed by atoms with Crippen LogP contribution < -0.4 is 19.5 Å². The lowest BCUT2D eigenvalue weighted by Gasteiger charge is -2.19. The average Bonchev–Trinajstić information content (AvgIpc) is 2.61. The Bertz CT molecular complexity index is 712. The lowest BCUT2D eigenvalue weighted by Crippen LogP contribution is -2.36. The van der Waals surface area contributed by atoms with E-state index >= 15 is 0 Å². The molecule has 0 saturated heterocycles. The highest BCUT2D eigenvalue weighted by Crippen LogP contribution is 2.30. The molecule has 24 heavy (non-hydrogen) atoms. The zero-order valence-electron chi connectivity index (χ0n) is 13.9. The third kappa shape index (κ3) is 3.98. The van der Waals surface area contributed by atoms with E-state index in [9.17, 15) is 4.79 Å². The average molecular weight is 327 g/mol. The Morgan fingerprint density at radius 1 is 1.12 bits per heavy atom. The Labute approximate surface area is 141 Å². The minimum atomic E-state index is -0.160. The van der Waals surface area contributed by atoms with Crippen molar-refractivity contribution in [2.24, 2.45) is 0 Å². The minimum Gasteiger partial charge on any atom is -0.491 e. The predicted octanol–water partition coefficient (Wildman–Crippen LogP) is 2.96. The number of nitrogens with one attached hydrogen (secondary N) is 1. The molecule has 1 aliphatic heterocycles. The van der Waals surface area contributed by atoms with E-state index in [4.69, 9.17) is 14.2 Å². The number of benzene rings is 2. The monoisotopic (exact) mass is 327 g/mol. The van der Waals surface area contributed by atoms with E-state index in [0.717, 1.165) is 5.75 Å². The van der Waals surface area contributed by atoms with Crippen LogP contribution in [0.25, 0.3) is 0 Å². The first-order valence-corrected chi connectivity index (χ1v) is 8.02. The summed E-state index contributed by atoms with van der Waals surface area (Å²) in [5, 5.41) is 2.92. The summed E-state index contributed by atoms with van der Waals surface area (Å²) in [4.78, 5) is 12.3. The molecule has 0 saturated carbocycles. The van der Waals surface area contributed by atoms with E-state index in [1.165, 1.54) is 5.56 Å². The summed E-state index contributed by atoms with van der Waals surface area (Å²) in [5.41, 5.74) is 1.73. The molecule has 5 nitrogen and oxygen atoms in total. The van der Waals surface area contributed by atoms with Crippen molar-refractivity contribution < 1.29 is 19.0 Å². The molecule has 0 spiro atoms. The van der Waals surface area contributed by atoms with E-state index in [1.54, 1.807) is 18.2 Å². The maximum atomic E-state index is 12.3. The molecule has 3 rings (SSSR count).